The fourth-order valence-corrected chi connectivity index (χ4v) is 3.48. The van der Waals surface area contributed by atoms with E-state index in [1.54, 1.807) is 0 Å². The van der Waals surface area contributed by atoms with Crippen molar-refractivity contribution in [3.8, 4) is 11.6 Å². The molecule has 0 aliphatic carbocycles. The van der Waals surface area contributed by atoms with Gasteiger partial charge in [0.2, 0.25) is 5.88 Å². The molecule has 2 heterocycles. The van der Waals surface area contributed by atoms with Crippen LogP contribution in [0.4, 0.5) is 10.5 Å². The SMILES string of the molecule is C=C1NC(=O)N(c2cc(Cl)c(Oc3cc(Cc4ccccc4)c(=O)[nH]n3)c(Cl)c2)N=C1N. The minimum Gasteiger partial charge on any atom is -0.434 e. The molecule has 2 amide bonds. The van der Waals surface area contributed by atoms with Gasteiger partial charge in [0.15, 0.2) is 11.6 Å². The average Bonchev–Trinajstić information content (AvgIpc) is 2.76. The van der Waals surface area contributed by atoms with Gasteiger partial charge in [-0.05, 0) is 17.7 Å². The fourth-order valence-electron chi connectivity index (χ4n) is 2.93. The van der Waals surface area contributed by atoms with E-state index < -0.39 is 6.03 Å². The summed E-state index contributed by atoms with van der Waals surface area (Å²) < 4.78 is 5.74. The topological polar surface area (TPSA) is 126 Å². The molecular weight excluding hydrogens is 455 g/mol. The Bertz CT molecular complexity index is 1280. The van der Waals surface area contributed by atoms with Crippen LogP contribution in [0, 0.1) is 0 Å². The first-order chi connectivity index (χ1) is 15.3. The van der Waals surface area contributed by atoms with E-state index in [-0.39, 0.29) is 44.5 Å². The minimum absolute atomic E-state index is 0.0422. The van der Waals surface area contributed by atoms with Gasteiger partial charge in [0.1, 0.15) is 0 Å². The van der Waals surface area contributed by atoms with E-state index in [0.29, 0.717) is 12.0 Å². The van der Waals surface area contributed by atoms with E-state index in [2.05, 4.69) is 27.2 Å². The number of amidine groups is 1. The minimum atomic E-state index is -0.571. The Labute approximate surface area is 192 Å². The summed E-state index contributed by atoms with van der Waals surface area (Å²) in [5, 5.41) is 14.0. The van der Waals surface area contributed by atoms with Crippen molar-refractivity contribution in [1.82, 2.24) is 15.5 Å². The Balaban J connectivity index is 1.62. The summed E-state index contributed by atoms with van der Waals surface area (Å²) in [4.78, 5) is 24.4. The molecule has 1 aliphatic rings. The van der Waals surface area contributed by atoms with Crippen molar-refractivity contribution in [2.75, 3.05) is 5.01 Å². The highest BCUT2D eigenvalue weighted by molar-refractivity contribution is 6.37. The average molecular weight is 471 g/mol. The second-order valence-electron chi connectivity index (χ2n) is 6.77. The molecule has 9 nitrogen and oxygen atoms in total. The zero-order valence-electron chi connectivity index (χ0n) is 16.4. The third-order valence-corrected chi connectivity index (χ3v) is 5.06. The predicted octanol–water partition coefficient (Wildman–Crippen LogP) is 3.78. The van der Waals surface area contributed by atoms with Crippen molar-refractivity contribution in [3.05, 3.63) is 92.3 Å². The molecule has 0 radical (unpaired) electrons. The maximum absolute atomic E-state index is 12.2. The number of hydrazone groups is 1. The number of carbonyl (C=O) groups is 1. The van der Waals surface area contributed by atoms with Gasteiger partial charge in [0, 0.05) is 18.1 Å². The van der Waals surface area contributed by atoms with Gasteiger partial charge < -0.3 is 15.8 Å². The Hall–Kier alpha value is -3.82. The van der Waals surface area contributed by atoms with Crippen LogP contribution in [0.25, 0.3) is 0 Å². The number of carbonyl (C=O) groups excluding carboxylic acids is 1. The van der Waals surface area contributed by atoms with Crippen molar-refractivity contribution < 1.29 is 9.53 Å². The number of urea groups is 1. The van der Waals surface area contributed by atoms with Crippen molar-refractivity contribution in [2.45, 2.75) is 6.42 Å². The van der Waals surface area contributed by atoms with Crippen LogP contribution in [0.1, 0.15) is 11.1 Å². The molecule has 162 valence electrons. The lowest BCUT2D eigenvalue weighted by molar-refractivity contribution is 0.248. The number of aromatic nitrogens is 2. The van der Waals surface area contributed by atoms with Gasteiger partial charge in [-0.1, -0.05) is 60.1 Å². The standard InChI is InChI=1S/C21H16Cl2N6O3/c1-11-19(24)28-29(21(31)25-11)14-9-15(22)18(16(23)10-14)32-17-8-13(20(30)27-26-17)7-12-5-3-2-4-6-12/h2-6,8-10H,1,7H2,(H2,24,28)(H,25,31)(H,27,30). The first-order valence-electron chi connectivity index (χ1n) is 9.25. The number of H-pyrrole nitrogens is 1. The summed E-state index contributed by atoms with van der Waals surface area (Å²) in [6.07, 6.45) is 0.393. The smallest absolute Gasteiger partial charge is 0.347 e. The molecule has 4 rings (SSSR count). The summed E-state index contributed by atoms with van der Waals surface area (Å²) in [5.41, 5.74) is 7.26. The van der Waals surface area contributed by atoms with Crippen molar-refractivity contribution in [1.29, 1.82) is 0 Å². The van der Waals surface area contributed by atoms with Crippen LogP contribution in [-0.2, 0) is 6.42 Å². The molecule has 1 aromatic heterocycles. The van der Waals surface area contributed by atoms with Crippen molar-refractivity contribution in [3.63, 3.8) is 0 Å². The van der Waals surface area contributed by atoms with Crippen LogP contribution in [0.2, 0.25) is 10.0 Å². The maximum atomic E-state index is 12.2. The molecule has 0 saturated heterocycles. The summed E-state index contributed by atoms with van der Waals surface area (Å²) in [5.74, 6) is 0.239. The van der Waals surface area contributed by atoms with E-state index in [0.717, 1.165) is 10.6 Å². The number of nitrogens with one attached hydrogen (secondary N) is 2. The Morgan fingerprint density at radius 3 is 2.47 bits per heavy atom. The summed E-state index contributed by atoms with van der Waals surface area (Å²) in [6, 6.07) is 13.3. The van der Waals surface area contributed by atoms with Gasteiger partial charge in [0.25, 0.3) is 5.56 Å². The predicted molar refractivity (Wildman–Crippen MR) is 122 cm³/mol. The van der Waals surface area contributed by atoms with Crippen LogP contribution in [-0.4, -0.2) is 22.1 Å². The second kappa shape index (κ2) is 8.74. The van der Waals surface area contributed by atoms with Gasteiger partial charge in [-0.25, -0.2) is 9.89 Å². The number of hydrogen-bond donors (Lipinski definition) is 3. The maximum Gasteiger partial charge on any atom is 0.347 e. The Kier molecular flexibility index (Phi) is 5.85. The van der Waals surface area contributed by atoms with Crippen LogP contribution >= 0.6 is 23.2 Å². The van der Waals surface area contributed by atoms with Crippen molar-refractivity contribution in [2.24, 2.45) is 10.8 Å². The lowest BCUT2D eigenvalue weighted by Crippen LogP contribution is -2.45. The number of rotatable bonds is 5. The number of hydrogen-bond acceptors (Lipinski definition) is 6. The van der Waals surface area contributed by atoms with Crippen LogP contribution in [0.3, 0.4) is 0 Å². The molecule has 32 heavy (non-hydrogen) atoms. The van der Waals surface area contributed by atoms with Gasteiger partial charge in [-0.15, -0.1) is 10.2 Å². The number of ether oxygens (including phenoxy) is 1. The van der Waals surface area contributed by atoms with Crippen LogP contribution in [0.5, 0.6) is 11.6 Å². The third-order valence-electron chi connectivity index (χ3n) is 4.50. The van der Waals surface area contributed by atoms with Crippen LogP contribution in [0.15, 0.2) is 70.7 Å². The lowest BCUT2D eigenvalue weighted by atomic mass is 10.1. The number of halogens is 2. The van der Waals surface area contributed by atoms with E-state index in [9.17, 15) is 9.59 Å². The highest BCUT2D eigenvalue weighted by atomic mass is 35.5. The molecule has 0 bridgehead atoms. The molecule has 1 aliphatic heterocycles. The van der Waals surface area contributed by atoms with E-state index >= 15 is 0 Å². The van der Waals surface area contributed by atoms with Crippen molar-refractivity contribution >= 4 is 40.8 Å². The molecule has 11 heteroatoms. The number of anilines is 1. The number of benzene rings is 2. The molecular formula is C21H16Cl2N6O3. The molecule has 0 unspecified atom stereocenters. The number of amides is 2. The second-order valence-corrected chi connectivity index (χ2v) is 7.58. The third kappa shape index (κ3) is 4.43. The van der Waals surface area contributed by atoms with Gasteiger partial charge >= 0.3 is 6.03 Å². The zero-order chi connectivity index (χ0) is 22.8. The number of aromatic amines is 1. The molecule has 0 spiro atoms. The largest absolute Gasteiger partial charge is 0.434 e. The van der Waals surface area contributed by atoms with E-state index in [1.165, 1.54) is 18.2 Å². The number of nitrogens with zero attached hydrogens (tertiary/aromatic N) is 3. The zero-order valence-corrected chi connectivity index (χ0v) is 17.9. The van der Waals surface area contributed by atoms with Gasteiger partial charge in [0.05, 0.1) is 21.4 Å². The molecule has 3 aromatic rings. The molecule has 0 atom stereocenters. The summed E-state index contributed by atoms with van der Waals surface area (Å²) in [7, 11) is 0. The number of nitrogens with two attached hydrogens (primary N) is 1. The fraction of sp³-hybridized carbons (Fsp3) is 0.0476. The van der Waals surface area contributed by atoms with Gasteiger partial charge in [-0.3, -0.25) is 4.79 Å². The molecule has 4 N–H and O–H groups in total. The quantitative estimate of drug-likeness (QED) is 0.522. The normalized spacial score (nSPS) is 13.6. The molecule has 0 saturated carbocycles. The highest BCUT2D eigenvalue weighted by Crippen LogP contribution is 2.39. The van der Waals surface area contributed by atoms with E-state index in [1.807, 2.05) is 30.3 Å². The monoisotopic (exact) mass is 470 g/mol. The van der Waals surface area contributed by atoms with Crippen LogP contribution < -0.4 is 26.4 Å². The van der Waals surface area contributed by atoms with Gasteiger partial charge in [-0.2, -0.15) is 5.01 Å². The van der Waals surface area contributed by atoms with E-state index in [4.69, 9.17) is 33.7 Å². The molecule has 2 aromatic carbocycles. The first-order valence-corrected chi connectivity index (χ1v) is 10.0. The highest BCUT2D eigenvalue weighted by Gasteiger charge is 2.25. The Morgan fingerprint density at radius 1 is 1.09 bits per heavy atom. The first kappa shape index (κ1) is 21.4. The molecule has 0 fully saturated rings. The Morgan fingerprint density at radius 2 is 1.78 bits per heavy atom. The summed E-state index contributed by atoms with van der Waals surface area (Å²) in [6.45, 7) is 3.59. The lowest BCUT2D eigenvalue weighted by Gasteiger charge is -2.24. The summed E-state index contributed by atoms with van der Waals surface area (Å²) >= 11 is 12.7.